The van der Waals surface area contributed by atoms with E-state index in [9.17, 15) is 0 Å². The van der Waals surface area contributed by atoms with Gasteiger partial charge in [0.05, 0.1) is 19.4 Å². The molecule has 0 bridgehead atoms. The van der Waals surface area contributed by atoms with Crippen molar-refractivity contribution in [1.29, 1.82) is 0 Å². The van der Waals surface area contributed by atoms with Crippen LogP contribution in [-0.4, -0.2) is 29.3 Å². The molecule has 0 aromatic carbocycles. The van der Waals surface area contributed by atoms with Crippen LogP contribution in [0.15, 0.2) is 6.20 Å². The van der Waals surface area contributed by atoms with Crippen LogP contribution in [0.25, 0.3) is 0 Å². The maximum Gasteiger partial charge on any atom is 0.237 e. The number of halogens is 1. The van der Waals surface area contributed by atoms with E-state index in [1.165, 1.54) is 6.20 Å². The Morgan fingerprint density at radius 2 is 2.50 bits per heavy atom. The number of nitrogen functional groups attached to an aromatic ring is 1. The minimum Gasteiger partial charge on any atom is -0.471 e. The van der Waals surface area contributed by atoms with Crippen molar-refractivity contribution < 1.29 is 9.47 Å². The molecule has 2 N–H and O–H groups in total. The standard InChI is InChI=1S/C8H10ClN3O2/c9-6-3-11-8(10)12-7(6)14-5-1-2-13-4-5/h3,5H,1-2,4H2,(H2,10,11,12). The molecule has 2 rings (SSSR count). The zero-order valence-corrected chi connectivity index (χ0v) is 8.20. The van der Waals surface area contributed by atoms with Gasteiger partial charge in [-0.15, -0.1) is 0 Å². The van der Waals surface area contributed by atoms with Gasteiger partial charge in [-0.05, 0) is 0 Å². The Balaban J connectivity index is 2.10. The Hall–Kier alpha value is -1.07. The summed E-state index contributed by atoms with van der Waals surface area (Å²) in [4.78, 5) is 7.63. The molecule has 5 nitrogen and oxygen atoms in total. The first-order chi connectivity index (χ1) is 6.75. The van der Waals surface area contributed by atoms with E-state index in [1.54, 1.807) is 0 Å². The van der Waals surface area contributed by atoms with Gasteiger partial charge in [-0.3, -0.25) is 0 Å². The molecule has 1 aromatic rings. The van der Waals surface area contributed by atoms with E-state index in [0.717, 1.165) is 6.42 Å². The minimum atomic E-state index is 0.0156. The summed E-state index contributed by atoms with van der Waals surface area (Å²) in [5.41, 5.74) is 5.41. The molecule has 0 aliphatic carbocycles. The molecule has 1 unspecified atom stereocenters. The van der Waals surface area contributed by atoms with Gasteiger partial charge < -0.3 is 15.2 Å². The lowest BCUT2D eigenvalue weighted by atomic mass is 10.3. The first kappa shape index (κ1) is 9.48. The van der Waals surface area contributed by atoms with E-state index in [2.05, 4.69) is 9.97 Å². The number of anilines is 1. The zero-order chi connectivity index (χ0) is 9.97. The van der Waals surface area contributed by atoms with E-state index in [-0.39, 0.29) is 12.1 Å². The van der Waals surface area contributed by atoms with Crippen molar-refractivity contribution in [3.05, 3.63) is 11.2 Å². The van der Waals surface area contributed by atoms with Gasteiger partial charge >= 0.3 is 0 Å². The third-order valence-electron chi connectivity index (χ3n) is 1.90. The maximum absolute atomic E-state index is 5.83. The van der Waals surface area contributed by atoms with Gasteiger partial charge in [-0.2, -0.15) is 4.98 Å². The number of hydrogen-bond donors (Lipinski definition) is 1. The van der Waals surface area contributed by atoms with Crippen molar-refractivity contribution >= 4 is 17.5 Å². The molecule has 76 valence electrons. The van der Waals surface area contributed by atoms with Crippen molar-refractivity contribution in [3.8, 4) is 5.88 Å². The Kier molecular flexibility index (Phi) is 2.69. The van der Waals surface area contributed by atoms with Gasteiger partial charge in [0.2, 0.25) is 11.8 Å². The molecular weight excluding hydrogens is 206 g/mol. The largest absolute Gasteiger partial charge is 0.471 e. The quantitative estimate of drug-likeness (QED) is 0.793. The number of nitrogens with two attached hydrogens (primary N) is 1. The molecule has 6 heteroatoms. The van der Waals surface area contributed by atoms with Crippen LogP contribution in [0.4, 0.5) is 5.95 Å². The summed E-state index contributed by atoms with van der Waals surface area (Å²) in [6.45, 7) is 1.28. The van der Waals surface area contributed by atoms with Crippen LogP contribution in [-0.2, 0) is 4.74 Å². The fourth-order valence-electron chi connectivity index (χ4n) is 1.21. The van der Waals surface area contributed by atoms with Crippen LogP contribution in [0.2, 0.25) is 5.02 Å². The Morgan fingerprint density at radius 3 is 3.21 bits per heavy atom. The summed E-state index contributed by atoms with van der Waals surface area (Å²) in [7, 11) is 0. The zero-order valence-electron chi connectivity index (χ0n) is 7.44. The van der Waals surface area contributed by atoms with E-state index in [0.29, 0.717) is 24.1 Å². The normalized spacial score (nSPS) is 21.1. The number of rotatable bonds is 2. The average Bonchev–Trinajstić information content (AvgIpc) is 2.64. The van der Waals surface area contributed by atoms with Gasteiger partial charge in [0, 0.05) is 6.42 Å². The fraction of sp³-hybridized carbons (Fsp3) is 0.500. The molecule has 1 aliphatic heterocycles. The highest BCUT2D eigenvalue weighted by Gasteiger charge is 2.19. The topological polar surface area (TPSA) is 70.3 Å². The lowest BCUT2D eigenvalue weighted by Gasteiger charge is -2.11. The molecule has 1 fully saturated rings. The van der Waals surface area contributed by atoms with Crippen molar-refractivity contribution in [1.82, 2.24) is 9.97 Å². The van der Waals surface area contributed by atoms with Gasteiger partial charge in [0.15, 0.2) is 0 Å². The second-order valence-electron chi connectivity index (χ2n) is 2.98. The Labute approximate surface area is 86.2 Å². The Morgan fingerprint density at radius 1 is 1.64 bits per heavy atom. The molecule has 14 heavy (non-hydrogen) atoms. The van der Waals surface area contributed by atoms with Crippen LogP contribution in [0.3, 0.4) is 0 Å². The van der Waals surface area contributed by atoms with E-state index >= 15 is 0 Å². The molecule has 0 spiro atoms. The van der Waals surface area contributed by atoms with E-state index in [4.69, 9.17) is 26.8 Å². The predicted molar refractivity (Wildman–Crippen MR) is 51.3 cm³/mol. The number of aromatic nitrogens is 2. The highest BCUT2D eigenvalue weighted by atomic mass is 35.5. The second kappa shape index (κ2) is 3.98. The lowest BCUT2D eigenvalue weighted by Crippen LogP contribution is -2.17. The second-order valence-corrected chi connectivity index (χ2v) is 3.39. The van der Waals surface area contributed by atoms with E-state index < -0.39 is 0 Å². The highest BCUT2D eigenvalue weighted by molar-refractivity contribution is 6.31. The Bertz CT molecular complexity index is 328. The van der Waals surface area contributed by atoms with Crippen LogP contribution >= 0.6 is 11.6 Å². The molecule has 0 amide bonds. The summed E-state index contributed by atoms with van der Waals surface area (Å²) in [5.74, 6) is 0.484. The summed E-state index contributed by atoms with van der Waals surface area (Å²) >= 11 is 5.83. The third-order valence-corrected chi connectivity index (χ3v) is 2.16. The molecule has 1 aliphatic rings. The van der Waals surface area contributed by atoms with Gasteiger partial charge in [0.25, 0.3) is 0 Å². The van der Waals surface area contributed by atoms with Crippen molar-refractivity contribution in [2.75, 3.05) is 18.9 Å². The SMILES string of the molecule is Nc1ncc(Cl)c(OC2CCOC2)n1. The number of ether oxygens (including phenoxy) is 2. The summed E-state index contributed by atoms with van der Waals surface area (Å²) < 4.78 is 10.7. The summed E-state index contributed by atoms with van der Waals surface area (Å²) in [6.07, 6.45) is 2.29. The minimum absolute atomic E-state index is 0.0156. The first-order valence-corrected chi connectivity index (χ1v) is 4.66. The van der Waals surface area contributed by atoms with Crippen molar-refractivity contribution in [2.24, 2.45) is 0 Å². The molecular formula is C8H10ClN3O2. The van der Waals surface area contributed by atoms with Gasteiger partial charge in [-0.25, -0.2) is 4.98 Å². The molecule has 1 atom stereocenters. The van der Waals surface area contributed by atoms with Gasteiger partial charge in [-0.1, -0.05) is 11.6 Å². The van der Waals surface area contributed by atoms with E-state index in [1.807, 2.05) is 0 Å². The maximum atomic E-state index is 5.83. The average molecular weight is 216 g/mol. The van der Waals surface area contributed by atoms with Crippen molar-refractivity contribution in [2.45, 2.75) is 12.5 Å². The van der Waals surface area contributed by atoms with Crippen molar-refractivity contribution in [3.63, 3.8) is 0 Å². The summed E-state index contributed by atoms with van der Waals surface area (Å²) in [5, 5.41) is 0.367. The summed E-state index contributed by atoms with van der Waals surface area (Å²) in [6, 6.07) is 0. The predicted octanol–water partition coefficient (Wildman–Crippen LogP) is 0.880. The first-order valence-electron chi connectivity index (χ1n) is 4.28. The van der Waals surface area contributed by atoms with Crippen LogP contribution in [0, 0.1) is 0 Å². The van der Waals surface area contributed by atoms with Gasteiger partial charge in [0.1, 0.15) is 11.1 Å². The molecule has 1 aromatic heterocycles. The molecule has 1 saturated heterocycles. The molecule has 2 heterocycles. The van der Waals surface area contributed by atoms with Crippen LogP contribution in [0.5, 0.6) is 5.88 Å². The monoisotopic (exact) mass is 215 g/mol. The molecule has 0 saturated carbocycles. The smallest absolute Gasteiger partial charge is 0.237 e. The van der Waals surface area contributed by atoms with Crippen LogP contribution in [0.1, 0.15) is 6.42 Å². The highest BCUT2D eigenvalue weighted by Crippen LogP contribution is 2.23. The fourth-order valence-corrected chi connectivity index (χ4v) is 1.35. The number of nitrogens with zero attached hydrogens (tertiary/aromatic N) is 2. The molecule has 0 radical (unpaired) electrons. The van der Waals surface area contributed by atoms with Crippen LogP contribution < -0.4 is 10.5 Å². The number of hydrogen-bond acceptors (Lipinski definition) is 5. The lowest BCUT2D eigenvalue weighted by molar-refractivity contribution is 0.138. The third kappa shape index (κ3) is 2.05.